The second-order valence-electron chi connectivity index (χ2n) is 3.14. The van der Waals surface area contributed by atoms with Crippen LogP contribution in [0, 0.1) is 0 Å². The van der Waals surface area contributed by atoms with Gasteiger partial charge >= 0.3 is 6.18 Å². The van der Waals surface area contributed by atoms with Gasteiger partial charge in [-0.3, -0.25) is 0 Å². The maximum atomic E-state index is 12.7. The largest absolute Gasteiger partial charge is 0.417 e. The molecule has 0 aromatic heterocycles. The third-order valence-corrected chi connectivity index (χ3v) is 3.97. The third kappa shape index (κ3) is 3.43. The number of hydrogen-bond donors (Lipinski definition) is 1. The fraction of sp³-hybridized carbons (Fsp3) is 0.333. The first-order valence-electron chi connectivity index (χ1n) is 4.55. The molecule has 0 bridgehead atoms. The second kappa shape index (κ2) is 4.95. The molecule has 0 unspecified atom stereocenters. The van der Waals surface area contributed by atoms with Crippen LogP contribution in [-0.4, -0.2) is 15.0 Å². The van der Waals surface area contributed by atoms with E-state index in [1.54, 1.807) is 0 Å². The highest BCUT2D eigenvalue weighted by atomic mass is 79.9. The second-order valence-corrected chi connectivity index (χ2v) is 5.79. The topological polar surface area (TPSA) is 46.2 Å². The number of benzene rings is 1. The summed E-state index contributed by atoms with van der Waals surface area (Å²) in [6.07, 6.45) is -4.72. The van der Waals surface area contributed by atoms with Gasteiger partial charge < -0.3 is 0 Å². The summed E-state index contributed by atoms with van der Waals surface area (Å²) in [4.78, 5) is -0.768. The van der Waals surface area contributed by atoms with Crippen molar-refractivity contribution in [1.82, 2.24) is 4.72 Å². The first-order chi connectivity index (χ1) is 7.68. The molecule has 8 heteroatoms. The predicted molar refractivity (Wildman–Crippen MR) is 60.0 cm³/mol. The predicted octanol–water partition coefficient (Wildman–Crippen LogP) is 2.77. The van der Waals surface area contributed by atoms with Crippen molar-refractivity contribution < 1.29 is 21.6 Å². The molecule has 1 aromatic carbocycles. The van der Waals surface area contributed by atoms with Crippen molar-refractivity contribution >= 4 is 26.0 Å². The van der Waals surface area contributed by atoms with Crippen LogP contribution in [0.4, 0.5) is 13.2 Å². The molecule has 0 heterocycles. The summed E-state index contributed by atoms with van der Waals surface area (Å²) in [5.41, 5.74) is -1.19. The minimum absolute atomic E-state index is 0.0235. The highest BCUT2D eigenvalue weighted by Crippen LogP contribution is 2.35. The Morgan fingerprint density at radius 1 is 1.35 bits per heavy atom. The molecule has 0 atom stereocenters. The van der Waals surface area contributed by atoms with Crippen LogP contribution in [0.25, 0.3) is 0 Å². The van der Waals surface area contributed by atoms with Crippen LogP contribution in [0.3, 0.4) is 0 Å². The van der Waals surface area contributed by atoms with Gasteiger partial charge in [-0.25, -0.2) is 13.1 Å². The summed E-state index contributed by atoms with van der Waals surface area (Å²) >= 11 is 2.88. The van der Waals surface area contributed by atoms with Gasteiger partial charge in [0, 0.05) is 11.0 Å². The van der Waals surface area contributed by atoms with Gasteiger partial charge in [-0.1, -0.05) is 22.9 Å². The van der Waals surface area contributed by atoms with Crippen LogP contribution in [-0.2, 0) is 16.2 Å². The SMILES string of the molecule is CCNS(=O)(=O)c1ccc(Br)cc1C(F)(F)F. The van der Waals surface area contributed by atoms with Crippen LogP contribution < -0.4 is 4.72 Å². The van der Waals surface area contributed by atoms with Gasteiger partial charge in [-0.15, -0.1) is 0 Å². The van der Waals surface area contributed by atoms with Gasteiger partial charge in [0.25, 0.3) is 0 Å². The van der Waals surface area contributed by atoms with Gasteiger partial charge in [0.2, 0.25) is 10.0 Å². The highest BCUT2D eigenvalue weighted by molar-refractivity contribution is 9.10. The van der Waals surface area contributed by atoms with E-state index < -0.39 is 26.7 Å². The Morgan fingerprint density at radius 2 is 1.94 bits per heavy atom. The van der Waals surface area contributed by atoms with Gasteiger partial charge in [0.15, 0.2) is 0 Å². The Bertz CT molecular complexity index is 513. The first-order valence-corrected chi connectivity index (χ1v) is 6.82. The molecule has 3 nitrogen and oxygen atoms in total. The zero-order chi connectivity index (χ0) is 13.3. The Hall–Kier alpha value is -0.600. The van der Waals surface area contributed by atoms with Crippen molar-refractivity contribution in [3.05, 3.63) is 28.2 Å². The summed E-state index contributed by atoms with van der Waals surface area (Å²) in [5.74, 6) is 0. The molecule has 0 aliphatic carbocycles. The number of sulfonamides is 1. The zero-order valence-electron chi connectivity index (χ0n) is 8.68. The molecule has 96 valence electrons. The van der Waals surface area contributed by atoms with E-state index in [1.165, 1.54) is 13.0 Å². The zero-order valence-corrected chi connectivity index (χ0v) is 11.1. The molecular formula is C9H9BrF3NO2S. The number of alkyl halides is 3. The molecule has 0 spiro atoms. The van der Waals surface area contributed by atoms with E-state index >= 15 is 0 Å². The maximum Gasteiger partial charge on any atom is 0.417 e. The lowest BCUT2D eigenvalue weighted by molar-refractivity contribution is -0.139. The van der Waals surface area contributed by atoms with E-state index in [-0.39, 0.29) is 11.0 Å². The van der Waals surface area contributed by atoms with E-state index in [2.05, 4.69) is 15.9 Å². The molecule has 0 aliphatic rings. The van der Waals surface area contributed by atoms with Gasteiger partial charge in [-0.2, -0.15) is 13.2 Å². The number of rotatable bonds is 3. The first kappa shape index (κ1) is 14.5. The van der Waals surface area contributed by atoms with Crippen molar-refractivity contribution in [2.45, 2.75) is 18.0 Å². The Labute approximate surface area is 105 Å². The van der Waals surface area contributed by atoms with Gasteiger partial charge in [0.05, 0.1) is 10.5 Å². The lowest BCUT2D eigenvalue weighted by Gasteiger charge is -2.13. The third-order valence-electron chi connectivity index (χ3n) is 1.87. The highest BCUT2D eigenvalue weighted by Gasteiger charge is 2.37. The molecule has 1 rings (SSSR count). The fourth-order valence-electron chi connectivity index (χ4n) is 1.23. The van der Waals surface area contributed by atoms with E-state index in [0.717, 1.165) is 12.1 Å². The van der Waals surface area contributed by atoms with E-state index in [9.17, 15) is 21.6 Å². The standard InChI is InChI=1S/C9H9BrF3NO2S/c1-2-14-17(15,16)8-4-3-6(10)5-7(8)9(11,12)13/h3-5,14H,2H2,1H3. The smallest absolute Gasteiger partial charge is 0.211 e. The average Bonchev–Trinajstić information content (AvgIpc) is 2.15. The van der Waals surface area contributed by atoms with Crippen LogP contribution in [0.1, 0.15) is 12.5 Å². The van der Waals surface area contributed by atoms with Crippen LogP contribution in [0.2, 0.25) is 0 Å². The van der Waals surface area contributed by atoms with E-state index in [0.29, 0.717) is 0 Å². The maximum absolute atomic E-state index is 12.7. The van der Waals surface area contributed by atoms with Gasteiger partial charge in [-0.05, 0) is 18.2 Å². The molecule has 0 fully saturated rings. The Morgan fingerprint density at radius 3 is 2.41 bits per heavy atom. The van der Waals surface area contributed by atoms with Crippen molar-refractivity contribution in [3.8, 4) is 0 Å². The average molecular weight is 332 g/mol. The summed E-state index contributed by atoms with van der Waals surface area (Å²) < 4.78 is 63.4. The molecule has 0 saturated carbocycles. The Balaban J connectivity index is 3.45. The van der Waals surface area contributed by atoms with Crippen molar-refractivity contribution in [1.29, 1.82) is 0 Å². The van der Waals surface area contributed by atoms with Gasteiger partial charge in [0.1, 0.15) is 0 Å². The fourth-order valence-corrected chi connectivity index (χ4v) is 2.83. The van der Waals surface area contributed by atoms with Crippen molar-refractivity contribution in [2.75, 3.05) is 6.54 Å². The summed E-state index contributed by atoms with van der Waals surface area (Å²) in [6.45, 7) is 1.51. The number of halogens is 4. The Kier molecular flexibility index (Phi) is 4.21. The molecule has 0 radical (unpaired) electrons. The van der Waals surface area contributed by atoms with Crippen LogP contribution in [0.15, 0.2) is 27.6 Å². The molecular weight excluding hydrogens is 323 g/mol. The molecule has 0 amide bonds. The number of hydrogen-bond acceptors (Lipinski definition) is 2. The van der Waals surface area contributed by atoms with E-state index in [4.69, 9.17) is 0 Å². The number of nitrogens with one attached hydrogen (secondary N) is 1. The molecule has 0 saturated heterocycles. The van der Waals surface area contributed by atoms with Crippen molar-refractivity contribution in [3.63, 3.8) is 0 Å². The minimum Gasteiger partial charge on any atom is -0.211 e. The summed E-state index contributed by atoms with van der Waals surface area (Å²) in [5, 5.41) is 0. The lowest BCUT2D eigenvalue weighted by atomic mass is 10.2. The van der Waals surface area contributed by atoms with Crippen LogP contribution >= 0.6 is 15.9 Å². The summed E-state index contributed by atoms with van der Waals surface area (Å²) in [7, 11) is -4.13. The molecule has 1 N–H and O–H groups in total. The summed E-state index contributed by atoms with van der Waals surface area (Å²) in [6, 6.07) is 2.91. The normalized spacial score (nSPS) is 12.8. The van der Waals surface area contributed by atoms with Crippen molar-refractivity contribution in [2.24, 2.45) is 0 Å². The molecule has 0 aliphatic heterocycles. The minimum atomic E-state index is -4.72. The molecule has 1 aromatic rings. The lowest BCUT2D eigenvalue weighted by Crippen LogP contribution is -2.26. The quantitative estimate of drug-likeness (QED) is 0.925. The molecule has 17 heavy (non-hydrogen) atoms. The van der Waals surface area contributed by atoms with E-state index in [1.807, 2.05) is 4.72 Å². The monoisotopic (exact) mass is 331 g/mol. The van der Waals surface area contributed by atoms with Crippen LogP contribution in [0.5, 0.6) is 0 Å².